The molecular formula is C9H12BrNS. The average Bonchev–Trinajstić information content (AvgIpc) is 2.08. The Hall–Kier alpha value is -0.150. The largest absolute Gasteiger partial charge is 0.398 e. The van der Waals surface area contributed by atoms with Crippen molar-refractivity contribution in [3.63, 3.8) is 0 Å². The van der Waals surface area contributed by atoms with Crippen molar-refractivity contribution in [2.24, 2.45) is 0 Å². The fourth-order valence-electron chi connectivity index (χ4n) is 0.923. The highest BCUT2D eigenvalue weighted by molar-refractivity contribution is 9.10. The van der Waals surface area contributed by atoms with Crippen LogP contribution in [0.3, 0.4) is 0 Å². The van der Waals surface area contributed by atoms with Gasteiger partial charge in [-0.3, -0.25) is 0 Å². The van der Waals surface area contributed by atoms with Crippen molar-refractivity contribution in [3.05, 3.63) is 28.2 Å². The Morgan fingerprint density at radius 1 is 1.50 bits per heavy atom. The van der Waals surface area contributed by atoms with Crippen LogP contribution in [0, 0.1) is 0 Å². The molecule has 0 unspecified atom stereocenters. The fraction of sp³-hybridized carbons (Fsp3) is 0.333. The summed E-state index contributed by atoms with van der Waals surface area (Å²) in [4.78, 5) is 0. The lowest BCUT2D eigenvalue weighted by atomic mass is 10.2. The molecule has 1 aromatic rings. The Balaban J connectivity index is 2.78. The molecule has 1 rings (SSSR count). The van der Waals surface area contributed by atoms with Crippen molar-refractivity contribution in [3.8, 4) is 0 Å². The third kappa shape index (κ3) is 2.42. The van der Waals surface area contributed by atoms with Gasteiger partial charge in [-0.1, -0.05) is 19.1 Å². The van der Waals surface area contributed by atoms with Gasteiger partial charge in [0.05, 0.1) is 0 Å². The second-order valence-corrected chi connectivity index (χ2v) is 4.52. The second kappa shape index (κ2) is 4.77. The number of nitrogens with two attached hydrogens (primary N) is 1. The number of hydrogen-bond acceptors (Lipinski definition) is 2. The van der Waals surface area contributed by atoms with Gasteiger partial charge >= 0.3 is 0 Å². The number of nitrogen functional groups attached to an aromatic ring is 1. The Morgan fingerprint density at radius 2 is 2.25 bits per heavy atom. The van der Waals surface area contributed by atoms with Crippen molar-refractivity contribution in [2.45, 2.75) is 12.7 Å². The standard InChI is InChI=1S/C9H12BrNS/c1-2-12-6-7-4-3-5-8(11)9(7)10/h3-5H,2,6,11H2,1H3. The topological polar surface area (TPSA) is 26.0 Å². The summed E-state index contributed by atoms with van der Waals surface area (Å²) in [6.45, 7) is 2.16. The number of rotatable bonds is 3. The molecule has 0 aliphatic heterocycles. The van der Waals surface area contributed by atoms with Crippen molar-refractivity contribution in [1.29, 1.82) is 0 Å². The smallest absolute Gasteiger partial charge is 0.0461 e. The number of anilines is 1. The van der Waals surface area contributed by atoms with E-state index in [1.165, 1.54) is 5.56 Å². The first-order chi connectivity index (χ1) is 5.75. The molecule has 3 heteroatoms. The first-order valence-electron chi connectivity index (χ1n) is 3.86. The third-order valence-corrected chi connectivity index (χ3v) is 3.46. The van der Waals surface area contributed by atoms with Gasteiger partial charge in [0.25, 0.3) is 0 Å². The van der Waals surface area contributed by atoms with E-state index < -0.39 is 0 Å². The van der Waals surface area contributed by atoms with E-state index in [1.807, 2.05) is 23.9 Å². The first kappa shape index (κ1) is 9.93. The molecule has 0 bridgehead atoms. The van der Waals surface area contributed by atoms with Gasteiger partial charge in [-0.25, -0.2) is 0 Å². The van der Waals surface area contributed by atoms with Gasteiger partial charge in [-0.15, -0.1) is 0 Å². The van der Waals surface area contributed by atoms with Crippen molar-refractivity contribution in [1.82, 2.24) is 0 Å². The van der Waals surface area contributed by atoms with E-state index in [0.29, 0.717) is 0 Å². The van der Waals surface area contributed by atoms with Crippen LogP contribution in [-0.2, 0) is 5.75 Å². The maximum atomic E-state index is 5.74. The van der Waals surface area contributed by atoms with Crippen LogP contribution < -0.4 is 5.73 Å². The molecule has 0 aromatic heterocycles. The zero-order valence-electron chi connectivity index (χ0n) is 7.01. The summed E-state index contributed by atoms with van der Waals surface area (Å²) >= 11 is 5.37. The molecule has 0 spiro atoms. The SMILES string of the molecule is CCSCc1cccc(N)c1Br. The number of thioether (sulfide) groups is 1. The van der Waals surface area contributed by atoms with E-state index in [0.717, 1.165) is 21.7 Å². The van der Waals surface area contributed by atoms with Crippen LogP contribution in [0.15, 0.2) is 22.7 Å². The zero-order chi connectivity index (χ0) is 8.97. The van der Waals surface area contributed by atoms with Crippen molar-refractivity contribution in [2.75, 3.05) is 11.5 Å². The van der Waals surface area contributed by atoms with Crippen LogP contribution in [0.5, 0.6) is 0 Å². The number of halogens is 1. The van der Waals surface area contributed by atoms with Crippen LogP contribution >= 0.6 is 27.7 Å². The lowest BCUT2D eigenvalue weighted by Crippen LogP contribution is -1.90. The lowest BCUT2D eigenvalue weighted by molar-refractivity contribution is 1.37. The molecule has 0 fully saturated rings. The Labute approximate surface area is 85.9 Å². The third-order valence-electron chi connectivity index (χ3n) is 1.57. The van der Waals surface area contributed by atoms with E-state index in [2.05, 4.69) is 28.9 Å². The Morgan fingerprint density at radius 3 is 2.92 bits per heavy atom. The second-order valence-electron chi connectivity index (χ2n) is 2.46. The Kier molecular flexibility index (Phi) is 3.95. The molecule has 66 valence electrons. The molecule has 1 aromatic carbocycles. The minimum Gasteiger partial charge on any atom is -0.398 e. The Bertz CT molecular complexity index is 263. The normalized spacial score (nSPS) is 10.2. The molecule has 0 radical (unpaired) electrons. The van der Waals surface area contributed by atoms with Crippen LogP contribution in [0.1, 0.15) is 12.5 Å². The van der Waals surface area contributed by atoms with E-state index >= 15 is 0 Å². The molecule has 2 N–H and O–H groups in total. The van der Waals surface area contributed by atoms with Crippen LogP contribution in [0.25, 0.3) is 0 Å². The molecule has 0 amide bonds. The van der Waals surface area contributed by atoms with E-state index in [1.54, 1.807) is 0 Å². The highest BCUT2D eigenvalue weighted by Crippen LogP contribution is 2.26. The van der Waals surface area contributed by atoms with Crippen LogP contribution in [-0.4, -0.2) is 5.75 Å². The summed E-state index contributed by atoms with van der Waals surface area (Å²) in [5.41, 5.74) is 7.84. The van der Waals surface area contributed by atoms with Gasteiger partial charge in [-0.05, 0) is 33.3 Å². The van der Waals surface area contributed by atoms with Crippen LogP contribution in [0.4, 0.5) is 5.69 Å². The van der Waals surface area contributed by atoms with Gasteiger partial charge in [0.15, 0.2) is 0 Å². The molecule has 0 atom stereocenters. The summed E-state index contributed by atoms with van der Waals surface area (Å²) < 4.78 is 1.05. The maximum Gasteiger partial charge on any atom is 0.0461 e. The molecule has 0 heterocycles. The summed E-state index contributed by atoms with van der Waals surface area (Å²) in [5, 5.41) is 0. The minimum atomic E-state index is 0.823. The highest BCUT2D eigenvalue weighted by atomic mass is 79.9. The van der Waals surface area contributed by atoms with Crippen molar-refractivity contribution < 1.29 is 0 Å². The van der Waals surface area contributed by atoms with E-state index in [4.69, 9.17) is 5.73 Å². The highest BCUT2D eigenvalue weighted by Gasteiger charge is 2.01. The molecular weight excluding hydrogens is 234 g/mol. The summed E-state index contributed by atoms with van der Waals surface area (Å²) in [6, 6.07) is 6.00. The quantitative estimate of drug-likeness (QED) is 0.828. The average molecular weight is 246 g/mol. The van der Waals surface area contributed by atoms with E-state index in [-0.39, 0.29) is 0 Å². The fourth-order valence-corrected chi connectivity index (χ4v) is 2.18. The van der Waals surface area contributed by atoms with E-state index in [9.17, 15) is 0 Å². The molecule has 0 saturated carbocycles. The van der Waals surface area contributed by atoms with Crippen molar-refractivity contribution >= 4 is 33.4 Å². The molecule has 0 saturated heterocycles. The summed E-state index contributed by atoms with van der Waals surface area (Å²) in [7, 11) is 0. The van der Waals surface area contributed by atoms with Gasteiger partial charge in [-0.2, -0.15) is 11.8 Å². The van der Waals surface area contributed by atoms with Gasteiger partial charge in [0.1, 0.15) is 0 Å². The predicted molar refractivity (Wildman–Crippen MR) is 60.4 cm³/mol. The molecule has 1 nitrogen and oxygen atoms in total. The van der Waals surface area contributed by atoms with Gasteiger partial charge in [0, 0.05) is 15.9 Å². The van der Waals surface area contributed by atoms with Gasteiger partial charge < -0.3 is 5.73 Å². The number of hydrogen-bond donors (Lipinski definition) is 1. The monoisotopic (exact) mass is 245 g/mol. The zero-order valence-corrected chi connectivity index (χ0v) is 9.41. The maximum absolute atomic E-state index is 5.74. The minimum absolute atomic E-state index is 0.823. The summed E-state index contributed by atoms with van der Waals surface area (Å²) in [6.07, 6.45) is 0. The first-order valence-corrected chi connectivity index (χ1v) is 5.81. The molecule has 0 aliphatic rings. The van der Waals surface area contributed by atoms with Gasteiger partial charge in [0.2, 0.25) is 0 Å². The summed E-state index contributed by atoms with van der Waals surface area (Å²) in [5.74, 6) is 2.17. The predicted octanol–water partition coefficient (Wildman–Crippen LogP) is 3.28. The van der Waals surface area contributed by atoms with Crippen LogP contribution in [0.2, 0.25) is 0 Å². The number of benzene rings is 1. The molecule has 12 heavy (non-hydrogen) atoms. The molecule has 0 aliphatic carbocycles. The lowest BCUT2D eigenvalue weighted by Gasteiger charge is -2.04.